The Kier molecular flexibility index (Phi) is 3.36. The zero-order chi connectivity index (χ0) is 13.3. The molecule has 1 atom stereocenters. The number of nitrogens with zero attached hydrogens (tertiary/aromatic N) is 2. The lowest BCUT2D eigenvalue weighted by Gasteiger charge is -2.16. The summed E-state index contributed by atoms with van der Waals surface area (Å²) in [7, 11) is 0. The second-order valence-electron chi connectivity index (χ2n) is 4.75. The van der Waals surface area contributed by atoms with E-state index in [2.05, 4.69) is 15.5 Å². The van der Waals surface area contributed by atoms with Gasteiger partial charge < -0.3 is 10.2 Å². The first-order valence-electron chi connectivity index (χ1n) is 6.07. The van der Waals surface area contributed by atoms with Crippen molar-refractivity contribution in [2.24, 2.45) is 0 Å². The first-order chi connectivity index (χ1) is 8.49. The zero-order valence-corrected chi connectivity index (χ0v) is 10.9. The van der Waals surface area contributed by atoms with Gasteiger partial charge in [0, 0.05) is 31.7 Å². The van der Waals surface area contributed by atoms with Gasteiger partial charge in [-0.2, -0.15) is 5.10 Å². The highest BCUT2D eigenvalue weighted by molar-refractivity contribution is 5.96. The molecule has 6 nitrogen and oxygen atoms in total. The molecule has 0 aromatic carbocycles. The number of aromatic nitrogens is 2. The van der Waals surface area contributed by atoms with Crippen molar-refractivity contribution in [2.75, 3.05) is 13.1 Å². The standard InChI is InChI=1S/C12H18N4O2/c1-7-11(8(2)15-14-7)12(18)16-5-4-10(6-16)13-9(3)17/h10H,4-6H2,1-3H3,(H,13,17)(H,14,15). The monoisotopic (exact) mass is 250 g/mol. The van der Waals surface area contributed by atoms with Crippen molar-refractivity contribution in [1.82, 2.24) is 20.4 Å². The summed E-state index contributed by atoms with van der Waals surface area (Å²) < 4.78 is 0. The number of likely N-dealkylation sites (tertiary alicyclic amines) is 1. The molecule has 6 heteroatoms. The van der Waals surface area contributed by atoms with Crippen molar-refractivity contribution in [3.63, 3.8) is 0 Å². The molecule has 1 aliphatic heterocycles. The van der Waals surface area contributed by atoms with E-state index < -0.39 is 0 Å². The number of aromatic amines is 1. The number of hydrogen-bond donors (Lipinski definition) is 2. The average Bonchev–Trinajstić information content (AvgIpc) is 2.85. The fraction of sp³-hybridized carbons (Fsp3) is 0.583. The van der Waals surface area contributed by atoms with Gasteiger partial charge in [-0.25, -0.2) is 0 Å². The van der Waals surface area contributed by atoms with Crippen molar-refractivity contribution in [3.05, 3.63) is 17.0 Å². The minimum absolute atomic E-state index is 0.00778. The SMILES string of the molecule is CC(=O)NC1CCN(C(=O)c2c(C)n[nH]c2C)C1. The van der Waals surface area contributed by atoms with Gasteiger partial charge in [-0.3, -0.25) is 14.7 Å². The van der Waals surface area contributed by atoms with Gasteiger partial charge >= 0.3 is 0 Å². The van der Waals surface area contributed by atoms with Gasteiger partial charge in [0.25, 0.3) is 5.91 Å². The lowest BCUT2D eigenvalue weighted by Crippen LogP contribution is -2.37. The second kappa shape index (κ2) is 4.80. The van der Waals surface area contributed by atoms with E-state index in [9.17, 15) is 9.59 Å². The number of carbonyl (C=O) groups is 2. The summed E-state index contributed by atoms with van der Waals surface area (Å²) in [5, 5.41) is 9.70. The summed E-state index contributed by atoms with van der Waals surface area (Å²) in [6.07, 6.45) is 0.807. The van der Waals surface area contributed by atoms with Crippen LogP contribution in [-0.2, 0) is 4.79 Å². The normalized spacial score (nSPS) is 19.1. The highest BCUT2D eigenvalue weighted by Gasteiger charge is 2.29. The number of amides is 2. The molecule has 98 valence electrons. The van der Waals surface area contributed by atoms with E-state index in [4.69, 9.17) is 0 Å². The van der Waals surface area contributed by atoms with Crippen molar-refractivity contribution in [2.45, 2.75) is 33.2 Å². The lowest BCUT2D eigenvalue weighted by atomic mass is 10.2. The number of rotatable bonds is 2. The minimum Gasteiger partial charge on any atom is -0.352 e. The summed E-state index contributed by atoms with van der Waals surface area (Å²) in [6, 6.07) is 0.0685. The Morgan fingerprint density at radius 2 is 2.17 bits per heavy atom. The summed E-state index contributed by atoms with van der Waals surface area (Å²) in [6.45, 7) is 6.40. The van der Waals surface area contributed by atoms with E-state index in [1.165, 1.54) is 6.92 Å². The van der Waals surface area contributed by atoms with Crippen LogP contribution in [0, 0.1) is 13.8 Å². The molecule has 0 spiro atoms. The smallest absolute Gasteiger partial charge is 0.257 e. The van der Waals surface area contributed by atoms with Crippen LogP contribution in [0.25, 0.3) is 0 Å². The predicted octanol–water partition coefficient (Wildman–Crippen LogP) is 0.377. The second-order valence-corrected chi connectivity index (χ2v) is 4.75. The Morgan fingerprint density at radius 3 is 2.72 bits per heavy atom. The van der Waals surface area contributed by atoms with Gasteiger partial charge in [0.2, 0.25) is 5.91 Å². The number of hydrogen-bond acceptors (Lipinski definition) is 3. The van der Waals surface area contributed by atoms with Crippen LogP contribution in [0.5, 0.6) is 0 Å². The molecular formula is C12H18N4O2. The molecule has 0 radical (unpaired) electrons. The maximum Gasteiger partial charge on any atom is 0.257 e. The quantitative estimate of drug-likeness (QED) is 0.796. The van der Waals surface area contributed by atoms with Crippen LogP contribution in [-0.4, -0.2) is 46.0 Å². The third-order valence-corrected chi connectivity index (χ3v) is 3.22. The van der Waals surface area contributed by atoms with Crippen LogP contribution in [0.15, 0.2) is 0 Å². The molecule has 2 heterocycles. The van der Waals surface area contributed by atoms with E-state index >= 15 is 0 Å². The molecule has 2 rings (SSSR count). The van der Waals surface area contributed by atoms with Crippen LogP contribution in [0.2, 0.25) is 0 Å². The molecule has 1 fully saturated rings. The van der Waals surface area contributed by atoms with E-state index in [-0.39, 0.29) is 17.9 Å². The Hall–Kier alpha value is -1.85. The van der Waals surface area contributed by atoms with Gasteiger partial charge in [-0.15, -0.1) is 0 Å². The maximum absolute atomic E-state index is 12.3. The lowest BCUT2D eigenvalue weighted by molar-refractivity contribution is -0.119. The van der Waals surface area contributed by atoms with Gasteiger partial charge in [0.1, 0.15) is 0 Å². The molecule has 2 N–H and O–H groups in total. The molecule has 0 aliphatic carbocycles. The highest BCUT2D eigenvalue weighted by Crippen LogP contribution is 2.17. The Morgan fingerprint density at radius 1 is 1.44 bits per heavy atom. The fourth-order valence-corrected chi connectivity index (χ4v) is 2.37. The molecule has 18 heavy (non-hydrogen) atoms. The number of carbonyl (C=O) groups excluding carboxylic acids is 2. The Balaban J connectivity index is 2.06. The Labute approximate surface area is 106 Å². The topological polar surface area (TPSA) is 78.1 Å². The van der Waals surface area contributed by atoms with Gasteiger partial charge in [0.15, 0.2) is 0 Å². The number of aryl methyl sites for hydroxylation is 2. The summed E-state index contributed by atoms with van der Waals surface area (Å²) >= 11 is 0. The van der Waals surface area contributed by atoms with Gasteiger partial charge in [-0.05, 0) is 20.3 Å². The largest absolute Gasteiger partial charge is 0.352 e. The van der Waals surface area contributed by atoms with Crippen LogP contribution >= 0.6 is 0 Å². The molecule has 1 aromatic rings. The highest BCUT2D eigenvalue weighted by atomic mass is 16.2. The minimum atomic E-state index is -0.0510. The number of H-pyrrole nitrogens is 1. The predicted molar refractivity (Wildman–Crippen MR) is 66.2 cm³/mol. The first kappa shape index (κ1) is 12.6. The van der Waals surface area contributed by atoms with Crippen LogP contribution in [0.4, 0.5) is 0 Å². The third kappa shape index (κ3) is 2.37. The molecule has 2 amide bonds. The van der Waals surface area contributed by atoms with Crippen molar-refractivity contribution in [1.29, 1.82) is 0 Å². The van der Waals surface area contributed by atoms with Crippen molar-refractivity contribution < 1.29 is 9.59 Å². The number of nitrogens with one attached hydrogen (secondary N) is 2. The molecule has 1 aromatic heterocycles. The average molecular weight is 250 g/mol. The third-order valence-electron chi connectivity index (χ3n) is 3.22. The van der Waals surface area contributed by atoms with E-state index in [0.29, 0.717) is 18.7 Å². The van der Waals surface area contributed by atoms with Crippen LogP contribution in [0.1, 0.15) is 35.1 Å². The van der Waals surface area contributed by atoms with Crippen LogP contribution in [0.3, 0.4) is 0 Å². The molecule has 1 aliphatic rings. The van der Waals surface area contributed by atoms with E-state index in [1.807, 2.05) is 13.8 Å². The molecular weight excluding hydrogens is 232 g/mol. The van der Waals surface area contributed by atoms with Crippen molar-refractivity contribution in [3.8, 4) is 0 Å². The van der Waals surface area contributed by atoms with Gasteiger partial charge in [0.05, 0.1) is 11.3 Å². The molecule has 0 bridgehead atoms. The van der Waals surface area contributed by atoms with Gasteiger partial charge in [-0.1, -0.05) is 0 Å². The molecule has 1 saturated heterocycles. The first-order valence-corrected chi connectivity index (χ1v) is 6.07. The molecule has 1 unspecified atom stereocenters. The van der Waals surface area contributed by atoms with E-state index in [0.717, 1.165) is 17.8 Å². The van der Waals surface area contributed by atoms with E-state index in [1.54, 1.807) is 4.90 Å². The summed E-state index contributed by atoms with van der Waals surface area (Å²) in [4.78, 5) is 25.1. The zero-order valence-electron chi connectivity index (χ0n) is 10.9. The summed E-state index contributed by atoms with van der Waals surface area (Å²) in [5.41, 5.74) is 2.17. The summed E-state index contributed by atoms with van der Waals surface area (Å²) in [5.74, 6) is -0.0587. The fourth-order valence-electron chi connectivity index (χ4n) is 2.37. The Bertz CT molecular complexity index is 461. The maximum atomic E-state index is 12.3. The molecule has 0 saturated carbocycles. The van der Waals surface area contributed by atoms with Crippen molar-refractivity contribution >= 4 is 11.8 Å². The van der Waals surface area contributed by atoms with Crippen LogP contribution < -0.4 is 5.32 Å².